The van der Waals surface area contributed by atoms with Gasteiger partial charge in [-0.3, -0.25) is 4.90 Å². The zero-order valence-corrected chi connectivity index (χ0v) is 8.64. The van der Waals surface area contributed by atoms with Gasteiger partial charge in [0, 0.05) is 18.6 Å². The molecule has 0 radical (unpaired) electrons. The van der Waals surface area contributed by atoms with E-state index in [1.54, 1.807) is 0 Å². The first kappa shape index (κ1) is 11.4. The highest BCUT2D eigenvalue weighted by molar-refractivity contribution is 4.89. The standard InChI is InChI=1S/C11H21N/c1-6-9-12(10-7-2)11(4,5)8-3/h6-7H,1-2,8-10H2,3-5H3. The average molecular weight is 167 g/mol. The van der Waals surface area contributed by atoms with Gasteiger partial charge in [0.1, 0.15) is 0 Å². The fraction of sp³-hybridized carbons (Fsp3) is 0.636. The summed E-state index contributed by atoms with van der Waals surface area (Å²) in [5, 5.41) is 0. The summed E-state index contributed by atoms with van der Waals surface area (Å²) in [6, 6.07) is 0. The largest absolute Gasteiger partial charge is 0.291 e. The second kappa shape index (κ2) is 5.15. The second-order valence-electron chi connectivity index (χ2n) is 3.65. The highest BCUT2D eigenvalue weighted by atomic mass is 15.2. The third-order valence-electron chi connectivity index (χ3n) is 2.42. The minimum atomic E-state index is 0.252. The van der Waals surface area contributed by atoms with Crippen LogP contribution in [0.4, 0.5) is 0 Å². The van der Waals surface area contributed by atoms with Gasteiger partial charge in [-0.1, -0.05) is 19.1 Å². The molecule has 0 rings (SSSR count). The summed E-state index contributed by atoms with van der Waals surface area (Å²) in [5.41, 5.74) is 0.252. The van der Waals surface area contributed by atoms with E-state index in [1.807, 2.05) is 12.2 Å². The second-order valence-corrected chi connectivity index (χ2v) is 3.65. The van der Waals surface area contributed by atoms with Crippen LogP contribution in [-0.4, -0.2) is 23.5 Å². The molecule has 0 aliphatic heterocycles. The van der Waals surface area contributed by atoms with Gasteiger partial charge in [0.2, 0.25) is 0 Å². The maximum Gasteiger partial charge on any atom is 0.0169 e. The average Bonchev–Trinajstić information content (AvgIpc) is 2.04. The molecule has 0 heterocycles. The minimum Gasteiger partial charge on any atom is -0.291 e. The van der Waals surface area contributed by atoms with Gasteiger partial charge in [-0.05, 0) is 20.3 Å². The fourth-order valence-electron chi connectivity index (χ4n) is 1.10. The summed E-state index contributed by atoms with van der Waals surface area (Å²) in [6.07, 6.45) is 5.04. The highest BCUT2D eigenvalue weighted by Gasteiger charge is 2.21. The van der Waals surface area contributed by atoms with Crippen LogP contribution in [0.1, 0.15) is 27.2 Å². The van der Waals surface area contributed by atoms with Crippen LogP contribution < -0.4 is 0 Å². The van der Waals surface area contributed by atoms with Crippen molar-refractivity contribution in [3.8, 4) is 0 Å². The molecule has 0 aromatic heterocycles. The predicted molar refractivity (Wildman–Crippen MR) is 56.3 cm³/mol. The van der Waals surface area contributed by atoms with Crippen LogP contribution in [-0.2, 0) is 0 Å². The molecule has 0 spiro atoms. The van der Waals surface area contributed by atoms with E-state index in [0.29, 0.717) is 0 Å². The molecule has 0 unspecified atom stereocenters. The van der Waals surface area contributed by atoms with Gasteiger partial charge in [-0.25, -0.2) is 0 Å². The Morgan fingerprint density at radius 3 is 1.83 bits per heavy atom. The predicted octanol–water partition coefficient (Wildman–Crippen LogP) is 2.85. The first-order chi connectivity index (χ1) is 5.58. The van der Waals surface area contributed by atoms with E-state index >= 15 is 0 Å². The molecular weight excluding hydrogens is 146 g/mol. The lowest BCUT2D eigenvalue weighted by Crippen LogP contribution is -2.43. The first-order valence-corrected chi connectivity index (χ1v) is 4.55. The SMILES string of the molecule is C=CCN(CC=C)C(C)(C)CC. The van der Waals surface area contributed by atoms with Crippen molar-refractivity contribution in [2.75, 3.05) is 13.1 Å². The molecule has 0 bridgehead atoms. The van der Waals surface area contributed by atoms with Crippen LogP contribution in [0.15, 0.2) is 25.3 Å². The van der Waals surface area contributed by atoms with Crippen molar-refractivity contribution in [1.82, 2.24) is 4.90 Å². The Kier molecular flexibility index (Phi) is 4.91. The molecule has 1 heteroatoms. The van der Waals surface area contributed by atoms with Gasteiger partial charge in [0.25, 0.3) is 0 Å². The molecule has 0 aliphatic carbocycles. The van der Waals surface area contributed by atoms with Crippen molar-refractivity contribution >= 4 is 0 Å². The molecule has 0 amide bonds. The lowest BCUT2D eigenvalue weighted by Gasteiger charge is -2.36. The Balaban J connectivity index is 4.25. The molecule has 70 valence electrons. The Morgan fingerprint density at radius 1 is 1.17 bits per heavy atom. The first-order valence-electron chi connectivity index (χ1n) is 4.55. The third-order valence-corrected chi connectivity index (χ3v) is 2.42. The van der Waals surface area contributed by atoms with E-state index in [4.69, 9.17) is 0 Å². The molecule has 0 atom stereocenters. The van der Waals surface area contributed by atoms with Gasteiger partial charge >= 0.3 is 0 Å². The van der Waals surface area contributed by atoms with Crippen LogP contribution in [0.25, 0.3) is 0 Å². The van der Waals surface area contributed by atoms with E-state index in [2.05, 4.69) is 38.8 Å². The van der Waals surface area contributed by atoms with Crippen molar-refractivity contribution in [2.24, 2.45) is 0 Å². The van der Waals surface area contributed by atoms with Crippen molar-refractivity contribution in [3.63, 3.8) is 0 Å². The quantitative estimate of drug-likeness (QED) is 0.550. The molecular formula is C11H21N. The Labute approximate surface area is 76.8 Å². The lowest BCUT2D eigenvalue weighted by molar-refractivity contribution is 0.148. The zero-order valence-electron chi connectivity index (χ0n) is 8.64. The smallest absolute Gasteiger partial charge is 0.0169 e. The van der Waals surface area contributed by atoms with E-state index in [-0.39, 0.29) is 5.54 Å². The van der Waals surface area contributed by atoms with Gasteiger partial charge in [-0.2, -0.15) is 0 Å². The van der Waals surface area contributed by atoms with Gasteiger partial charge < -0.3 is 0 Å². The van der Waals surface area contributed by atoms with Crippen LogP contribution in [0.3, 0.4) is 0 Å². The van der Waals surface area contributed by atoms with Crippen molar-refractivity contribution in [1.29, 1.82) is 0 Å². The summed E-state index contributed by atoms with van der Waals surface area (Å²) in [7, 11) is 0. The Hall–Kier alpha value is -0.560. The molecule has 0 N–H and O–H groups in total. The molecule has 12 heavy (non-hydrogen) atoms. The van der Waals surface area contributed by atoms with E-state index in [9.17, 15) is 0 Å². The van der Waals surface area contributed by atoms with Crippen LogP contribution in [0.5, 0.6) is 0 Å². The summed E-state index contributed by atoms with van der Waals surface area (Å²) >= 11 is 0. The van der Waals surface area contributed by atoms with Gasteiger partial charge in [0.05, 0.1) is 0 Å². The maximum atomic E-state index is 3.75. The molecule has 0 fully saturated rings. The van der Waals surface area contributed by atoms with E-state index < -0.39 is 0 Å². The zero-order chi connectivity index (χ0) is 9.61. The van der Waals surface area contributed by atoms with Crippen LogP contribution in [0, 0.1) is 0 Å². The number of hydrogen-bond donors (Lipinski definition) is 0. The van der Waals surface area contributed by atoms with Crippen molar-refractivity contribution in [3.05, 3.63) is 25.3 Å². The van der Waals surface area contributed by atoms with E-state index in [0.717, 1.165) is 19.5 Å². The Morgan fingerprint density at radius 2 is 1.58 bits per heavy atom. The summed E-state index contributed by atoms with van der Waals surface area (Å²) in [5.74, 6) is 0. The Bertz CT molecular complexity index is 137. The van der Waals surface area contributed by atoms with Crippen LogP contribution in [0.2, 0.25) is 0 Å². The topological polar surface area (TPSA) is 3.24 Å². The molecule has 0 saturated carbocycles. The third kappa shape index (κ3) is 3.22. The van der Waals surface area contributed by atoms with Crippen molar-refractivity contribution < 1.29 is 0 Å². The normalized spacial score (nSPS) is 11.7. The maximum absolute atomic E-state index is 3.75. The van der Waals surface area contributed by atoms with Gasteiger partial charge in [0.15, 0.2) is 0 Å². The van der Waals surface area contributed by atoms with Gasteiger partial charge in [-0.15, -0.1) is 13.2 Å². The number of hydrogen-bond acceptors (Lipinski definition) is 1. The molecule has 0 aromatic rings. The summed E-state index contributed by atoms with van der Waals surface area (Å²) in [6.45, 7) is 16.1. The minimum absolute atomic E-state index is 0.252. The number of nitrogens with zero attached hydrogens (tertiary/aromatic N) is 1. The summed E-state index contributed by atoms with van der Waals surface area (Å²) < 4.78 is 0. The number of rotatable bonds is 6. The van der Waals surface area contributed by atoms with Crippen LogP contribution >= 0.6 is 0 Å². The fourth-order valence-corrected chi connectivity index (χ4v) is 1.10. The van der Waals surface area contributed by atoms with E-state index in [1.165, 1.54) is 0 Å². The summed E-state index contributed by atoms with van der Waals surface area (Å²) in [4.78, 5) is 2.37. The van der Waals surface area contributed by atoms with Crippen molar-refractivity contribution in [2.45, 2.75) is 32.7 Å². The molecule has 0 saturated heterocycles. The lowest BCUT2D eigenvalue weighted by atomic mass is 9.99. The monoisotopic (exact) mass is 167 g/mol. The molecule has 0 aromatic carbocycles. The molecule has 1 nitrogen and oxygen atoms in total. The highest BCUT2D eigenvalue weighted by Crippen LogP contribution is 2.17. The molecule has 0 aliphatic rings.